The fourth-order valence-electron chi connectivity index (χ4n) is 4.88. The van der Waals surface area contributed by atoms with Crippen LogP contribution < -0.4 is 10.6 Å². The highest BCUT2D eigenvalue weighted by atomic mass is 35.5. The van der Waals surface area contributed by atoms with Crippen LogP contribution in [-0.4, -0.2) is 52.5 Å². The molecule has 2 heterocycles. The molecule has 1 saturated carbocycles. The third kappa shape index (κ3) is 4.36. The molecule has 2 fully saturated rings. The highest BCUT2D eigenvalue weighted by Gasteiger charge is 2.39. The number of alkyl halides is 2. The number of hydrogen-bond donors (Lipinski definition) is 1. The van der Waals surface area contributed by atoms with Crippen LogP contribution in [0.25, 0.3) is 16.7 Å². The second-order valence-corrected chi connectivity index (χ2v) is 9.32. The minimum Gasteiger partial charge on any atom is -0.368 e. The van der Waals surface area contributed by atoms with Gasteiger partial charge in [0.15, 0.2) is 0 Å². The summed E-state index contributed by atoms with van der Waals surface area (Å²) in [6.45, 7) is 2.51. The molecule has 5 rings (SSSR count). The number of carbonyl (C=O) groups is 1. The Morgan fingerprint density at radius 1 is 0.970 bits per heavy atom. The average Bonchev–Trinajstić information content (AvgIpc) is 3.14. The summed E-state index contributed by atoms with van der Waals surface area (Å²) in [5.74, 6) is -2.89. The van der Waals surface area contributed by atoms with Gasteiger partial charge in [-0.15, -0.1) is 0 Å². The lowest BCUT2D eigenvalue weighted by atomic mass is 9.86. The van der Waals surface area contributed by atoms with Gasteiger partial charge in [0, 0.05) is 55.6 Å². The van der Waals surface area contributed by atoms with E-state index in [4.69, 9.17) is 11.6 Å². The lowest BCUT2D eigenvalue weighted by Gasteiger charge is -2.38. The lowest BCUT2D eigenvalue weighted by molar-refractivity contribution is -0.140. The number of anilines is 1. The van der Waals surface area contributed by atoms with E-state index in [1.807, 2.05) is 29.2 Å². The Balaban J connectivity index is 1.25. The molecule has 174 valence electrons. The minimum atomic E-state index is -2.62. The van der Waals surface area contributed by atoms with Gasteiger partial charge in [-0.25, -0.2) is 13.6 Å². The largest absolute Gasteiger partial charge is 0.368 e. The number of nitrogens with zero attached hydrogens (tertiary/aromatic N) is 3. The molecule has 2 aliphatic rings. The zero-order valence-corrected chi connectivity index (χ0v) is 18.8. The first-order valence-corrected chi connectivity index (χ1v) is 11.6. The molecular weight excluding hydrogens is 450 g/mol. The molecule has 1 saturated heterocycles. The molecule has 9 heteroatoms. The van der Waals surface area contributed by atoms with E-state index in [2.05, 4.69) is 9.88 Å². The highest BCUT2D eigenvalue weighted by Crippen LogP contribution is 2.37. The number of amides is 1. The van der Waals surface area contributed by atoms with E-state index in [1.54, 1.807) is 22.8 Å². The summed E-state index contributed by atoms with van der Waals surface area (Å²) in [6, 6.07) is 13.0. The molecule has 0 atom stereocenters. The van der Waals surface area contributed by atoms with Crippen LogP contribution in [0, 0.1) is 5.92 Å². The van der Waals surface area contributed by atoms with Crippen molar-refractivity contribution < 1.29 is 13.6 Å². The van der Waals surface area contributed by atoms with Crippen molar-refractivity contribution in [3.05, 3.63) is 58.0 Å². The Labute approximate surface area is 194 Å². The quantitative estimate of drug-likeness (QED) is 0.610. The standard InChI is InChI=1S/C24H25ClF2N4O2/c25-17-1-6-20-21(15-17)31(23(33)28-20)19-4-2-18(3-5-19)29-11-13-30(14-12-29)22(32)16-7-9-24(26,27)10-8-16/h1-6,15-16H,7-14H2,(H,28,33). The number of aromatic amines is 1. The van der Waals surface area contributed by atoms with Gasteiger partial charge in [-0.3, -0.25) is 9.36 Å². The predicted octanol–water partition coefficient (Wildman–Crippen LogP) is 4.45. The lowest BCUT2D eigenvalue weighted by Crippen LogP contribution is -2.51. The summed E-state index contributed by atoms with van der Waals surface area (Å²) < 4.78 is 28.4. The number of fused-ring (bicyclic) bond motifs is 1. The third-order valence-electron chi connectivity index (χ3n) is 6.78. The van der Waals surface area contributed by atoms with Crippen LogP contribution >= 0.6 is 11.6 Å². The van der Waals surface area contributed by atoms with Gasteiger partial charge in [0.2, 0.25) is 11.8 Å². The molecule has 0 unspecified atom stereocenters. The van der Waals surface area contributed by atoms with Crippen LogP contribution in [0.1, 0.15) is 25.7 Å². The summed E-state index contributed by atoms with van der Waals surface area (Å²) in [5.41, 5.74) is 2.95. The fourth-order valence-corrected chi connectivity index (χ4v) is 5.04. The molecule has 6 nitrogen and oxygen atoms in total. The van der Waals surface area contributed by atoms with Crippen molar-refractivity contribution in [3.8, 4) is 5.69 Å². The third-order valence-corrected chi connectivity index (χ3v) is 7.01. The summed E-state index contributed by atoms with van der Waals surface area (Å²) in [6.07, 6.45) is 0.154. The maximum absolute atomic E-state index is 13.4. The van der Waals surface area contributed by atoms with Gasteiger partial charge in [-0.2, -0.15) is 0 Å². The van der Waals surface area contributed by atoms with E-state index in [1.165, 1.54) is 0 Å². The van der Waals surface area contributed by atoms with Crippen molar-refractivity contribution in [1.82, 2.24) is 14.5 Å². The SMILES string of the molecule is O=C(C1CCC(F)(F)CC1)N1CCN(c2ccc(-n3c(=O)[nH]c4ccc(Cl)cc43)cc2)CC1. The summed E-state index contributed by atoms with van der Waals surface area (Å²) in [4.78, 5) is 32.1. The monoisotopic (exact) mass is 474 g/mol. The van der Waals surface area contributed by atoms with Gasteiger partial charge in [-0.1, -0.05) is 11.6 Å². The van der Waals surface area contributed by atoms with E-state index in [0.717, 1.165) is 16.9 Å². The first-order valence-electron chi connectivity index (χ1n) is 11.2. The number of aromatic nitrogens is 2. The van der Waals surface area contributed by atoms with Crippen molar-refractivity contribution in [1.29, 1.82) is 0 Å². The molecule has 1 aliphatic heterocycles. The van der Waals surface area contributed by atoms with Gasteiger partial charge < -0.3 is 14.8 Å². The number of H-pyrrole nitrogens is 1. The van der Waals surface area contributed by atoms with Crippen LogP contribution in [0.15, 0.2) is 47.3 Å². The number of nitrogens with one attached hydrogen (secondary N) is 1. The topological polar surface area (TPSA) is 61.3 Å². The predicted molar refractivity (Wildman–Crippen MR) is 125 cm³/mol. The number of hydrogen-bond acceptors (Lipinski definition) is 3. The smallest absolute Gasteiger partial charge is 0.331 e. The molecule has 2 aromatic carbocycles. The molecule has 1 aliphatic carbocycles. The van der Waals surface area contributed by atoms with Gasteiger partial charge in [0.25, 0.3) is 0 Å². The Hall–Kier alpha value is -2.87. The molecule has 1 aromatic heterocycles. The van der Waals surface area contributed by atoms with Gasteiger partial charge in [0.1, 0.15) is 0 Å². The molecule has 0 radical (unpaired) electrons. The number of rotatable bonds is 3. The molecular formula is C24H25ClF2N4O2. The number of carbonyl (C=O) groups excluding carboxylic acids is 1. The van der Waals surface area contributed by atoms with Crippen molar-refractivity contribution >= 4 is 34.2 Å². The Morgan fingerprint density at radius 3 is 2.27 bits per heavy atom. The molecule has 0 spiro atoms. The second-order valence-electron chi connectivity index (χ2n) is 8.89. The number of piperazine rings is 1. The molecule has 3 aromatic rings. The van der Waals surface area contributed by atoms with E-state index in [9.17, 15) is 18.4 Å². The minimum absolute atomic E-state index is 0.0119. The molecule has 0 bridgehead atoms. The zero-order chi connectivity index (χ0) is 23.2. The Bertz CT molecular complexity index is 1220. The summed E-state index contributed by atoms with van der Waals surface area (Å²) >= 11 is 6.11. The number of imidazole rings is 1. The average molecular weight is 475 g/mol. The number of benzene rings is 2. The summed E-state index contributed by atoms with van der Waals surface area (Å²) in [7, 11) is 0. The van der Waals surface area contributed by atoms with Crippen molar-refractivity contribution in [2.24, 2.45) is 5.92 Å². The first-order chi connectivity index (χ1) is 15.8. The Kier molecular flexibility index (Phi) is 5.64. The first kappa shape index (κ1) is 21.9. The highest BCUT2D eigenvalue weighted by molar-refractivity contribution is 6.31. The maximum Gasteiger partial charge on any atom is 0.331 e. The van der Waals surface area contributed by atoms with E-state index < -0.39 is 5.92 Å². The summed E-state index contributed by atoms with van der Waals surface area (Å²) in [5, 5.41) is 0.557. The second kappa shape index (κ2) is 8.48. The fraction of sp³-hybridized carbons (Fsp3) is 0.417. The van der Waals surface area contributed by atoms with Crippen LogP contribution in [0.3, 0.4) is 0 Å². The maximum atomic E-state index is 13.4. The number of halogens is 3. The van der Waals surface area contributed by atoms with Crippen molar-refractivity contribution in [2.75, 3.05) is 31.1 Å². The van der Waals surface area contributed by atoms with E-state index >= 15 is 0 Å². The molecule has 33 heavy (non-hydrogen) atoms. The zero-order valence-electron chi connectivity index (χ0n) is 18.1. The van der Waals surface area contributed by atoms with E-state index in [0.29, 0.717) is 36.7 Å². The van der Waals surface area contributed by atoms with Gasteiger partial charge >= 0.3 is 5.69 Å². The van der Waals surface area contributed by atoms with Gasteiger partial charge in [-0.05, 0) is 55.3 Å². The van der Waals surface area contributed by atoms with Crippen LogP contribution in [0.5, 0.6) is 0 Å². The van der Waals surface area contributed by atoms with Crippen LogP contribution in [0.4, 0.5) is 14.5 Å². The normalized spacial score (nSPS) is 19.2. The van der Waals surface area contributed by atoms with E-state index in [-0.39, 0.29) is 43.2 Å². The Morgan fingerprint density at radius 2 is 1.61 bits per heavy atom. The van der Waals surface area contributed by atoms with Crippen LogP contribution in [-0.2, 0) is 4.79 Å². The van der Waals surface area contributed by atoms with Crippen molar-refractivity contribution in [2.45, 2.75) is 31.6 Å². The molecule has 1 N–H and O–H groups in total. The van der Waals surface area contributed by atoms with Crippen molar-refractivity contribution in [3.63, 3.8) is 0 Å². The van der Waals surface area contributed by atoms with Gasteiger partial charge in [0.05, 0.1) is 16.7 Å². The van der Waals surface area contributed by atoms with Crippen LogP contribution in [0.2, 0.25) is 5.02 Å². The molecule has 1 amide bonds.